The van der Waals surface area contributed by atoms with Gasteiger partial charge in [-0.1, -0.05) is 49.5 Å². The van der Waals surface area contributed by atoms with Crippen LogP contribution in [0.4, 0.5) is 10.1 Å². The van der Waals surface area contributed by atoms with Crippen molar-refractivity contribution < 1.29 is 4.39 Å². The van der Waals surface area contributed by atoms with Gasteiger partial charge in [0.2, 0.25) is 0 Å². The fourth-order valence-corrected chi connectivity index (χ4v) is 2.39. The third-order valence-electron chi connectivity index (χ3n) is 3.23. The first-order chi connectivity index (χ1) is 9.63. The van der Waals surface area contributed by atoms with E-state index in [1.807, 2.05) is 12.1 Å². The van der Waals surface area contributed by atoms with E-state index in [9.17, 15) is 4.39 Å². The second-order valence-corrected chi connectivity index (χ2v) is 4.94. The Morgan fingerprint density at radius 1 is 1.15 bits per heavy atom. The summed E-state index contributed by atoms with van der Waals surface area (Å²) < 4.78 is 13.8. The van der Waals surface area contributed by atoms with E-state index in [-0.39, 0.29) is 10.6 Å². The monoisotopic (exact) mass is 288 g/mol. The Kier molecular flexibility index (Phi) is 4.69. The van der Waals surface area contributed by atoms with Gasteiger partial charge in [-0.2, -0.15) is 0 Å². The first kappa shape index (κ1) is 14.5. The Bertz CT molecular complexity index is 626. The molecule has 0 spiro atoms. The number of aryl methyl sites for hydroxylation is 1. The fraction of sp³-hybridized carbons (Fsp3) is 0.188. The number of rotatable bonds is 5. The first-order valence-electron chi connectivity index (χ1n) is 6.52. The van der Waals surface area contributed by atoms with Crippen LogP contribution in [0.2, 0.25) is 0 Å². The Morgan fingerprint density at radius 3 is 2.50 bits per heavy atom. The molecule has 0 saturated carbocycles. The Hall–Kier alpha value is -1.94. The average molecular weight is 288 g/mol. The van der Waals surface area contributed by atoms with Gasteiger partial charge >= 0.3 is 0 Å². The SMILES string of the molecule is CCc1ccccc1CNc1cccc(F)c1C(N)=S. The van der Waals surface area contributed by atoms with Crippen molar-refractivity contribution in [2.75, 3.05) is 5.32 Å². The zero-order valence-corrected chi connectivity index (χ0v) is 12.1. The van der Waals surface area contributed by atoms with Crippen LogP contribution in [-0.2, 0) is 13.0 Å². The van der Waals surface area contributed by atoms with E-state index < -0.39 is 5.82 Å². The number of nitrogens with one attached hydrogen (secondary N) is 1. The summed E-state index contributed by atoms with van der Waals surface area (Å²) in [6.45, 7) is 2.73. The molecule has 0 amide bonds. The second kappa shape index (κ2) is 6.48. The van der Waals surface area contributed by atoms with E-state index in [0.717, 1.165) is 6.42 Å². The van der Waals surface area contributed by atoms with Gasteiger partial charge in [-0.15, -0.1) is 0 Å². The van der Waals surface area contributed by atoms with E-state index in [1.165, 1.54) is 17.2 Å². The van der Waals surface area contributed by atoms with Crippen molar-refractivity contribution in [2.24, 2.45) is 5.73 Å². The molecule has 0 unspecified atom stereocenters. The first-order valence-corrected chi connectivity index (χ1v) is 6.93. The molecule has 2 nitrogen and oxygen atoms in total. The Labute approximate surface area is 123 Å². The van der Waals surface area contributed by atoms with Crippen LogP contribution in [0, 0.1) is 5.82 Å². The summed E-state index contributed by atoms with van der Waals surface area (Å²) in [4.78, 5) is 0.0642. The molecule has 2 rings (SSSR count). The van der Waals surface area contributed by atoms with Crippen LogP contribution >= 0.6 is 12.2 Å². The lowest BCUT2D eigenvalue weighted by atomic mass is 10.0. The van der Waals surface area contributed by atoms with E-state index in [1.54, 1.807) is 12.1 Å². The lowest BCUT2D eigenvalue weighted by molar-refractivity contribution is 0.626. The number of halogens is 1. The maximum Gasteiger partial charge on any atom is 0.135 e. The van der Waals surface area contributed by atoms with E-state index >= 15 is 0 Å². The normalized spacial score (nSPS) is 10.3. The van der Waals surface area contributed by atoms with E-state index in [0.29, 0.717) is 12.2 Å². The summed E-state index contributed by atoms with van der Waals surface area (Å²) in [5.74, 6) is -0.397. The minimum atomic E-state index is -0.397. The Morgan fingerprint density at radius 2 is 1.85 bits per heavy atom. The van der Waals surface area contributed by atoms with Crippen LogP contribution in [0.5, 0.6) is 0 Å². The highest BCUT2D eigenvalue weighted by Gasteiger charge is 2.11. The van der Waals surface area contributed by atoms with Crippen LogP contribution < -0.4 is 11.1 Å². The molecule has 0 fully saturated rings. The molecule has 0 aliphatic rings. The maximum absolute atomic E-state index is 13.8. The van der Waals surface area contributed by atoms with Crippen molar-refractivity contribution in [1.82, 2.24) is 0 Å². The van der Waals surface area contributed by atoms with Crippen molar-refractivity contribution >= 4 is 22.9 Å². The highest BCUT2D eigenvalue weighted by Crippen LogP contribution is 2.20. The minimum absolute atomic E-state index is 0.0642. The second-order valence-electron chi connectivity index (χ2n) is 4.50. The zero-order valence-electron chi connectivity index (χ0n) is 11.3. The van der Waals surface area contributed by atoms with Gasteiger partial charge in [0.25, 0.3) is 0 Å². The highest BCUT2D eigenvalue weighted by molar-refractivity contribution is 7.80. The van der Waals surface area contributed by atoms with Gasteiger partial charge in [-0.25, -0.2) is 4.39 Å². The number of thiocarbonyl (C=S) groups is 1. The van der Waals surface area contributed by atoms with Crippen molar-refractivity contribution in [2.45, 2.75) is 19.9 Å². The molecule has 4 heteroatoms. The van der Waals surface area contributed by atoms with E-state index in [2.05, 4.69) is 24.4 Å². The molecule has 3 N–H and O–H groups in total. The van der Waals surface area contributed by atoms with Crippen molar-refractivity contribution in [3.8, 4) is 0 Å². The number of nitrogens with two attached hydrogens (primary N) is 1. The number of benzene rings is 2. The van der Waals surface area contributed by atoms with Crippen LogP contribution in [0.15, 0.2) is 42.5 Å². The number of hydrogen-bond acceptors (Lipinski definition) is 2. The summed E-state index contributed by atoms with van der Waals surface area (Å²) >= 11 is 4.91. The standard InChI is InChI=1S/C16H17FN2S/c1-2-11-6-3-4-7-12(11)10-19-14-9-5-8-13(17)15(14)16(18)20/h3-9,19H,2,10H2,1H3,(H2,18,20). The highest BCUT2D eigenvalue weighted by atomic mass is 32.1. The predicted octanol–water partition coefficient (Wildman–Crippen LogP) is 3.63. The summed E-state index contributed by atoms with van der Waals surface area (Å²) in [5, 5.41) is 3.22. The summed E-state index contributed by atoms with van der Waals surface area (Å²) in [6, 6.07) is 13.0. The largest absolute Gasteiger partial charge is 0.389 e. The molecular formula is C16H17FN2S. The third kappa shape index (κ3) is 3.14. The summed E-state index contributed by atoms with van der Waals surface area (Å²) in [6.07, 6.45) is 0.961. The van der Waals surface area contributed by atoms with Gasteiger partial charge in [0.05, 0.1) is 5.56 Å². The number of hydrogen-bond donors (Lipinski definition) is 2. The maximum atomic E-state index is 13.8. The molecule has 0 saturated heterocycles. The fourth-order valence-electron chi connectivity index (χ4n) is 2.19. The van der Waals surface area contributed by atoms with Gasteiger partial charge < -0.3 is 11.1 Å². The molecule has 0 aliphatic carbocycles. The average Bonchev–Trinajstić information content (AvgIpc) is 2.45. The smallest absolute Gasteiger partial charge is 0.135 e. The summed E-state index contributed by atoms with van der Waals surface area (Å²) in [7, 11) is 0. The lowest BCUT2D eigenvalue weighted by Crippen LogP contribution is -2.15. The molecule has 20 heavy (non-hydrogen) atoms. The molecule has 2 aromatic carbocycles. The molecule has 0 aliphatic heterocycles. The molecule has 0 bridgehead atoms. The quantitative estimate of drug-likeness (QED) is 0.825. The van der Waals surface area contributed by atoms with Crippen LogP contribution in [0.3, 0.4) is 0 Å². The molecule has 104 valence electrons. The van der Waals surface area contributed by atoms with Gasteiger partial charge in [0, 0.05) is 12.2 Å². The summed E-state index contributed by atoms with van der Waals surface area (Å²) in [5.41, 5.74) is 8.95. The molecule has 0 atom stereocenters. The molecule has 2 aromatic rings. The number of anilines is 1. The zero-order chi connectivity index (χ0) is 14.5. The molecule has 0 aromatic heterocycles. The topological polar surface area (TPSA) is 38.0 Å². The lowest BCUT2D eigenvalue weighted by Gasteiger charge is -2.13. The molecule has 0 radical (unpaired) electrons. The predicted molar refractivity (Wildman–Crippen MR) is 85.4 cm³/mol. The van der Waals surface area contributed by atoms with Crippen LogP contribution in [-0.4, -0.2) is 4.99 Å². The van der Waals surface area contributed by atoms with Gasteiger partial charge in [0.1, 0.15) is 10.8 Å². The van der Waals surface area contributed by atoms with Gasteiger partial charge in [-0.05, 0) is 29.7 Å². The Balaban J connectivity index is 2.23. The third-order valence-corrected chi connectivity index (χ3v) is 3.43. The van der Waals surface area contributed by atoms with Gasteiger partial charge in [0.15, 0.2) is 0 Å². The van der Waals surface area contributed by atoms with Crippen LogP contribution in [0.25, 0.3) is 0 Å². The van der Waals surface area contributed by atoms with Crippen molar-refractivity contribution in [3.05, 3.63) is 65.0 Å². The van der Waals surface area contributed by atoms with E-state index in [4.69, 9.17) is 18.0 Å². The van der Waals surface area contributed by atoms with Gasteiger partial charge in [-0.3, -0.25) is 0 Å². The molecule has 0 heterocycles. The molecular weight excluding hydrogens is 271 g/mol. The van der Waals surface area contributed by atoms with Crippen molar-refractivity contribution in [1.29, 1.82) is 0 Å². The minimum Gasteiger partial charge on any atom is -0.389 e. The van der Waals surface area contributed by atoms with Crippen LogP contribution in [0.1, 0.15) is 23.6 Å². The van der Waals surface area contributed by atoms with Crippen molar-refractivity contribution in [3.63, 3.8) is 0 Å².